The summed E-state index contributed by atoms with van der Waals surface area (Å²) in [6.07, 6.45) is 3.93. The van der Waals surface area contributed by atoms with Crippen LogP contribution in [0.15, 0.2) is 75.9 Å². The molecule has 4 aromatic rings. The lowest BCUT2D eigenvalue weighted by atomic mass is 10.1. The van der Waals surface area contributed by atoms with Crippen LogP contribution in [-0.2, 0) is 4.74 Å². The molecule has 0 saturated heterocycles. The summed E-state index contributed by atoms with van der Waals surface area (Å²) in [5.41, 5.74) is 5.73. The minimum Gasteiger partial charge on any atom is -0.462 e. The topological polar surface area (TPSA) is 96.9 Å². The van der Waals surface area contributed by atoms with Crippen LogP contribution in [0.5, 0.6) is 11.5 Å². The SMILES string of the molecule is C=Nc1ccc(NC2=NC(C)(C)CO2)cc1/C(=N\C)Nc1ccc(Oc2ccn3cc(C)nc3c2)c(C)c1. The Morgan fingerprint density at radius 1 is 1.11 bits per heavy atom. The zero-order chi connectivity index (χ0) is 26.9. The fraction of sp³-hybridized carbons (Fsp3) is 0.241. The molecule has 1 aliphatic rings. The molecule has 1 aliphatic heterocycles. The van der Waals surface area contributed by atoms with E-state index in [4.69, 9.17) is 9.47 Å². The molecule has 194 valence electrons. The largest absolute Gasteiger partial charge is 0.462 e. The molecule has 0 fully saturated rings. The molecule has 3 heterocycles. The van der Waals surface area contributed by atoms with Crippen molar-refractivity contribution in [3.8, 4) is 11.5 Å². The standard InChI is InChI=1S/C29H31N7O2/c1-18-13-20(8-10-25(18)38-22-11-12-36-16-19(2)32-26(36)15-22)33-27(31-6)23-14-21(7-9-24(23)30-5)34-28-35-29(3,4)17-37-28/h7-16H,5,17H2,1-4,6H3,(H,31,33)(H,34,35). The van der Waals surface area contributed by atoms with Gasteiger partial charge in [-0.3, -0.25) is 9.98 Å². The van der Waals surface area contributed by atoms with Gasteiger partial charge >= 0.3 is 0 Å². The lowest BCUT2D eigenvalue weighted by molar-refractivity contribution is 0.278. The summed E-state index contributed by atoms with van der Waals surface area (Å²) in [4.78, 5) is 17.8. The fourth-order valence-electron chi connectivity index (χ4n) is 4.22. The molecule has 9 nitrogen and oxygen atoms in total. The summed E-state index contributed by atoms with van der Waals surface area (Å²) >= 11 is 0. The number of ether oxygens (including phenoxy) is 2. The first-order chi connectivity index (χ1) is 18.2. The van der Waals surface area contributed by atoms with E-state index in [9.17, 15) is 0 Å². The van der Waals surface area contributed by atoms with Gasteiger partial charge in [0.1, 0.15) is 29.6 Å². The first-order valence-electron chi connectivity index (χ1n) is 12.3. The maximum absolute atomic E-state index is 6.16. The molecule has 0 amide bonds. The quantitative estimate of drug-likeness (QED) is 0.240. The van der Waals surface area contributed by atoms with Gasteiger partial charge in [-0.1, -0.05) is 0 Å². The summed E-state index contributed by atoms with van der Waals surface area (Å²) in [6.45, 7) is 12.3. The number of aryl methyl sites for hydroxylation is 2. The highest BCUT2D eigenvalue weighted by Gasteiger charge is 2.26. The van der Waals surface area contributed by atoms with Crippen LogP contribution in [-0.4, -0.2) is 47.2 Å². The van der Waals surface area contributed by atoms with Gasteiger partial charge in [0.25, 0.3) is 6.02 Å². The molecular formula is C29H31N7O2. The third kappa shape index (κ3) is 5.36. The number of aliphatic imine (C=N–C) groups is 3. The lowest BCUT2D eigenvalue weighted by Crippen LogP contribution is -2.17. The molecule has 0 aliphatic carbocycles. The summed E-state index contributed by atoms with van der Waals surface area (Å²) in [7, 11) is 1.74. The fourth-order valence-corrected chi connectivity index (χ4v) is 4.22. The van der Waals surface area contributed by atoms with E-state index in [1.807, 2.05) is 93.0 Å². The van der Waals surface area contributed by atoms with E-state index in [0.717, 1.165) is 45.3 Å². The van der Waals surface area contributed by atoms with Gasteiger partial charge in [-0.2, -0.15) is 0 Å². The smallest absolute Gasteiger partial charge is 0.289 e. The van der Waals surface area contributed by atoms with Crippen molar-refractivity contribution in [1.29, 1.82) is 0 Å². The summed E-state index contributed by atoms with van der Waals surface area (Å²) in [5, 5.41) is 6.66. The second kappa shape index (κ2) is 10.0. The molecule has 38 heavy (non-hydrogen) atoms. The Bertz CT molecular complexity index is 1580. The third-order valence-corrected chi connectivity index (χ3v) is 6.08. The highest BCUT2D eigenvalue weighted by atomic mass is 16.5. The molecule has 5 rings (SSSR count). The molecule has 0 radical (unpaired) electrons. The van der Waals surface area contributed by atoms with Crippen LogP contribution in [0.25, 0.3) is 5.65 Å². The van der Waals surface area contributed by atoms with Crippen molar-refractivity contribution in [2.45, 2.75) is 33.2 Å². The number of imidazole rings is 1. The predicted molar refractivity (Wildman–Crippen MR) is 154 cm³/mol. The number of pyridine rings is 1. The first-order valence-corrected chi connectivity index (χ1v) is 12.3. The second-order valence-electron chi connectivity index (χ2n) is 9.82. The predicted octanol–water partition coefficient (Wildman–Crippen LogP) is 6.14. The van der Waals surface area contributed by atoms with Crippen LogP contribution in [0.2, 0.25) is 0 Å². The van der Waals surface area contributed by atoms with Gasteiger partial charge < -0.3 is 24.5 Å². The Labute approximate surface area is 222 Å². The highest BCUT2D eigenvalue weighted by molar-refractivity contribution is 6.12. The van der Waals surface area contributed by atoms with Gasteiger partial charge in [0.2, 0.25) is 0 Å². The number of fused-ring (bicyclic) bond motifs is 1. The van der Waals surface area contributed by atoms with Crippen molar-refractivity contribution in [3.63, 3.8) is 0 Å². The van der Waals surface area contributed by atoms with Crippen molar-refractivity contribution < 1.29 is 9.47 Å². The van der Waals surface area contributed by atoms with E-state index in [1.165, 1.54) is 0 Å². The minimum atomic E-state index is -0.246. The van der Waals surface area contributed by atoms with Gasteiger partial charge in [0, 0.05) is 42.4 Å². The molecule has 0 spiro atoms. The number of anilines is 2. The Kier molecular flexibility index (Phi) is 6.59. The van der Waals surface area contributed by atoms with Crippen molar-refractivity contribution in [1.82, 2.24) is 9.38 Å². The number of aromatic nitrogens is 2. The van der Waals surface area contributed by atoms with Gasteiger partial charge in [0.05, 0.1) is 16.9 Å². The molecule has 0 unspecified atom stereocenters. The van der Waals surface area contributed by atoms with E-state index in [1.54, 1.807) is 7.05 Å². The van der Waals surface area contributed by atoms with Crippen LogP contribution in [0.4, 0.5) is 17.1 Å². The van der Waals surface area contributed by atoms with E-state index < -0.39 is 0 Å². The van der Waals surface area contributed by atoms with E-state index >= 15 is 0 Å². The first kappa shape index (κ1) is 25.0. The zero-order valence-corrected chi connectivity index (χ0v) is 22.2. The molecule has 0 saturated carbocycles. The molecule has 9 heteroatoms. The van der Waals surface area contributed by atoms with Crippen LogP contribution in [0.1, 0.15) is 30.7 Å². The van der Waals surface area contributed by atoms with E-state index in [0.29, 0.717) is 24.2 Å². The van der Waals surface area contributed by atoms with Crippen molar-refractivity contribution >= 4 is 41.3 Å². The summed E-state index contributed by atoms with van der Waals surface area (Å²) in [5.74, 6) is 2.14. The molecule has 0 bridgehead atoms. The van der Waals surface area contributed by atoms with Gasteiger partial charge in [-0.15, -0.1) is 0 Å². The lowest BCUT2D eigenvalue weighted by Gasteiger charge is -2.15. The molecule has 0 atom stereocenters. The number of hydrogen-bond acceptors (Lipinski definition) is 7. The van der Waals surface area contributed by atoms with Gasteiger partial charge in [0.15, 0.2) is 0 Å². The number of amidine groups is 2. The number of nitrogens with zero attached hydrogens (tertiary/aromatic N) is 5. The average Bonchev–Trinajstić information content (AvgIpc) is 3.43. The van der Waals surface area contributed by atoms with Gasteiger partial charge in [-0.25, -0.2) is 9.98 Å². The Morgan fingerprint density at radius 3 is 2.63 bits per heavy atom. The number of benzene rings is 2. The van der Waals surface area contributed by atoms with Crippen LogP contribution < -0.4 is 15.4 Å². The maximum Gasteiger partial charge on any atom is 0.289 e. The second-order valence-corrected chi connectivity index (χ2v) is 9.82. The Balaban J connectivity index is 1.35. The normalized spacial score (nSPS) is 14.7. The van der Waals surface area contributed by atoms with Crippen LogP contribution >= 0.6 is 0 Å². The molecule has 2 aromatic carbocycles. The number of hydrogen-bond donors (Lipinski definition) is 2. The average molecular weight is 510 g/mol. The molecular weight excluding hydrogens is 478 g/mol. The Morgan fingerprint density at radius 2 is 1.92 bits per heavy atom. The van der Waals surface area contributed by atoms with Gasteiger partial charge in [-0.05, 0) is 82.4 Å². The van der Waals surface area contributed by atoms with Crippen molar-refractivity contribution in [3.05, 3.63) is 77.7 Å². The Hall–Kier alpha value is -4.66. The highest BCUT2D eigenvalue weighted by Crippen LogP contribution is 2.30. The zero-order valence-electron chi connectivity index (χ0n) is 22.2. The minimum absolute atomic E-state index is 0.246. The molecule has 2 aromatic heterocycles. The van der Waals surface area contributed by atoms with Crippen LogP contribution in [0.3, 0.4) is 0 Å². The maximum atomic E-state index is 6.16. The summed E-state index contributed by atoms with van der Waals surface area (Å²) < 4.78 is 13.8. The number of rotatable bonds is 6. The van der Waals surface area contributed by atoms with Crippen molar-refractivity contribution in [2.24, 2.45) is 15.0 Å². The number of nitrogens with one attached hydrogen (secondary N) is 2. The summed E-state index contributed by atoms with van der Waals surface area (Å²) in [6, 6.07) is 16.0. The third-order valence-electron chi connectivity index (χ3n) is 6.08. The van der Waals surface area contributed by atoms with Crippen molar-refractivity contribution in [2.75, 3.05) is 24.3 Å². The molecule has 2 N–H and O–H groups in total. The van der Waals surface area contributed by atoms with E-state index in [2.05, 4.69) is 37.3 Å². The monoisotopic (exact) mass is 509 g/mol. The van der Waals surface area contributed by atoms with Crippen LogP contribution in [0, 0.1) is 13.8 Å². The van der Waals surface area contributed by atoms with E-state index in [-0.39, 0.29) is 5.54 Å².